The van der Waals surface area contributed by atoms with E-state index in [-0.39, 0.29) is 18.3 Å². The Morgan fingerprint density at radius 2 is 2.00 bits per heavy atom. The van der Waals surface area contributed by atoms with Crippen LogP contribution in [-0.4, -0.2) is 40.8 Å². The maximum Gasteiger partial charge on any atom is 0.276 e. The highest BCUT2D eigenvalue weighted by molar-refractivity contribution is 9.10. The highest BCUT2D eigenvalue weighted by Crippen LogP contribution is 2.21. The number of hydrazine groups is 1. The standard InChI is InChI=1S/C13H14BrN3O3S2/c14-9-1-3-10(4-2-9)20-7-11(18)16-17-12(19)8-22-13-15-5-6-21-13/h1-4H,5-8H2,(H,16,18)(H,17,19). The molecule has 1 aliphatic heterocycles. The molecule has 9 heteroatoms. The number of aliphatic imine (C=N–C) groups is 1. The van der Waals surface area contributed by atoms with Gasteiger partial charge < -0.3 is 4.74 Å². The summed E-state index contributed by atoms with van der Waals surface area (Å²) in [6, 6.07) is 7.12. The second kappa shape index (κ2) is 9.06. The van der Waals surface area contributed by atoms with E-state index in [2.05, 4.69) is 31.8 Å². The van der Waals surface area contributed by atoms with E-state index in [1.165, 1.54) is 11.8 Å². The molecule has 0 saturated heterocycles. The lowest BCUT2D eigenvalue weighted by atomic mass is 10.3. The van der Waals surface area contributed by atoms with Crippen LogP contribution in [0.3, 0.4) is 0 Å². The number of rotatable bonds is 5. The van der Waals surface area contributed by atoms with Gasteiger partial charge in [0.15, 0.2) is 6.61 Å². The summed E-state index contributed by atoms with van der Waals surface area (Å²) < 4.78 is 7.13. The topological polar surface area (TPSA) is 79.8 Å². The molecule has 0 unspecified atom stereocenters. The third-order valence-electron chi connectivity index (χ3n) is 2.41. The monoisotopic (exact) mass is 403 g/mol. The number of ether oxygens (including phenoxy) is 1. The zero-order valence-electron chi connectivity index (χ0n) is 11.5. The summed E-state index contributed by atoms with van der Waals surface area (Å²) in [5.41, 5.74) is 4.65. The van der Waals surface area contributed by atoms with Gasteiger partial charge in [-0.25, -0.2) is 0 Å². The number of halogens is 1. The molecule has 1 aromatic rings. The number of carbonyl (C=O) groups excluding carboxylic acids is 2. The molecule has 2 amide bonds. The molecule has 0 spiro atoms. The number of nitrogens with zero attached hydrogens (tertiary/aromatic N) is 1. The van der Waals surface area contributed by atoms with Gasteiger partial charge in [-0.05, 0) is 24.3 Å². The fraction of sp³-hybridized carbons (Fsp3) is 0.308. The molecule has 1 aliphatic rings. The summed E-state index contributed by atoms with van der Waals surface area (Å²) in [7, 11) is 0. The molecule has 0 atom stereocenters. The molecule has 0 aliphatic carbocycles. The molecule has 6 nitrogen and oxygen atoms in total. The molecule has 2 N–H and O–H groups in total. The van der Waals surface area contributed by atoms with Crippen molar-refractivity contribution in [2.45, 2.75) is 0 Å². The SMILES string of the molecule is O=C(COc1ccc(Br)cc1)NNC(=O)CSC1=NCCS1. The van der Waals surface area contributed by atoms with Crippen LogP contribution in [0.25, 0.3) is 0 Å². The molecule has 0 fully saturated rings. The molecule has 2 rings (SSSR count). The van der Waals surface area contributed by atoms with Gasteiger partial charge in [0.05, 0.1) is 12.3 Å². The molecule has 1 aromatic carbocycles. The summed E-state index contributed by atoms with van der Waals surface area (Å²) >= 11 is 6.32. The zero-order valence-corrected chi connectivity index (χ0v) is 14.7. The highest BCUT2D eigenvalue weighted by atomic mass is 79.9. The average Bonchev–Trinajstić information content (AvgIpc) is 3.04. The molecule has 118 valence electrons. The van der Waals surface area contributed by atoms with Crippen molar-refractivity contribution in [3.05, 3.63) is 28.7 Å². The Hall–Kier alpha value is -1.19. The Kier molecular flexibility index (Phi) is 7.07. The van der Waals surface area contributed by atoms with Gasteiger partial charge in [-0.3, -0.25) is 25.4 Å². The quantitative estimate of drug-likeness (QED) is 0.732. The van der Waals surface area contributed by atoms with Crippen molar-refractivity contribution in [1.29, 1.82) is 0 Å². The molecular formula is C13H14BrN3O3S2. The minimum atomic E-state index is -0.422. The maximum atomic E-state index is 11.6. The van der Waals surface area contributed by atoms with Crippen LogP contribution in [0, 0.1) is 0 Å². The second-order valence-corrected chi connectivity index (χ2v) is 7.35. The predicted octanol–water partition coefficient (Wildman–Crippen LogP) is 1.81. The van der Waals surface area contributed by atoms with Crippen LogP contribution >= 0.6 is 39.5 Å². The van der Waals surface area contributed by atoms with Crippen LogP contribution in [0.1, 0.15) is 0 Å². The summed E-state index contributed by atoms with van der Waals surface area (Å²) in [6.07, 6.45) is 0. The number of carbonyl (C=O) groups is 2. The summed E-state index contributed by atoms with van der Waals surface area (Å²) in [6.45, 7) is 0.635. The molecule has 0 radical (unpaired) electrons. The number of hydrogen-bond donors (Lipinski definition) is 2. The fourth-order valence-corrected chi connectivity index (χ4v) is 3.49. The van der Waals surface area contributed by atoms with Gasteiger partial charge in [0.1, 0.15) is 10.1 Å². The van der Waals surface area contributed by atoms with Crippen LogP contribution in [0.2, 0.25) is 0 Å². The normalized spacial score (nSPS) is 13.4. The van der Waals surface area contributed by atoms with Crippen LogP contribution in [0.4, 0.5) is 0 Å². The number of nitrogens with one attached hydrogen (secondary N) is 2. The van der Waals surface area contributed by atoms with Gasteiger partial charge in [0.2, 0.25) is 5.91 Å². The van der Waals surface area contributed by atoms with Crippen molar-refractivity contribution in [2.24, 2.45) is 4.99 Å². The second-order valence-electron chi connectivity index (χ2n) is 4.12. The van der Waals surface area contributed by atoms with Crippen LogP contribution in [0.15, 0.2) is 33.7 Å². The van der Waals surface area contributed by atoms with Crippen molar-refractivity contribution in [3.63, 3.8) is 0 Å². The van der Waals surface area contributed by atoms with Crippen LogP contribution < -0.4 is 15.6 Å². The van der Waals surface area contributed by atoms with E-state index in [1.807, 2.05) is 12.1 Å². The van der Waals surface area contributed by atoms with E-state index in [0.29, 0.717) is 5.75 Å². The van der Waals surface area contributed by atoms with E-state index >= 15 is 0 Å². The van der Waals surface area contributed by atoms with Gasteiger partial charge in [0, 0.05) is 10.2 Å². The van der Waals surface area contributed by atoms with Crippen molar-refractivity contribution >= 4 is 55.6 Å². The minimum absolute atomic E-state index is 0.169. The number of hydrogen-bond acceptors (Lipinski definition) is 6. The van der Waals surface area contributed by atoms with E-state index in [4.69, 9.17) is 4.74 Å². The Morgan fingerprint density at radius 1 is 1.27 bits per heavy atom. The Bertz CT molecular complexity index is 566. The van der Waals surface area contributed by atoms with Crippen molar-refractivity contribution in [3.8, 4) is 5.75 Å². The first kappa shape index (κ1) is 17.2. The van der Waals surface area contributed by atoms with Gasteiger partial charge in [-0.1, -0.05) is 39.5 Å². The highest BCUT2D eigenvalue weighted by Gasteiger charge is 2.11. The van der Waals surface area contributed by atoms with Gasteiger partial charge in [0.25, 0.3) is 5.91 Å². The Balaban J connectivity index is 1.60. The summed E-state index contributed by atoms with van der Waals surface area (Å²) in [5, 5.41) is 0. The molecule has 0 saturated carbocycles. The third-order valence-corrected chi connectivity index (χ3v) is 5.19. The number of benzene rings is 1. The molecule has 22 heavy (non-hydrogen) atoms. The largest absolute Gasteiger partial charge is 0.484 e. The lowest BCUT2D eigenvalue weighted by Gasteiger charge is -2.08. The smallest absolute Gasteiger partial charge is 0.276 e. The van der Waals surface area contributed by atoms with Gasteiger partial charge >= 0.3 is 0 Å². The lowest BCUT2D eigenvalue weighted by molar-refractivity contribution is -0.128. The molecule has 0 aromatic heterocycles. The summed E-state index contributed by atoms with van der Waals surface area (Å²) in [4.78, 5) is 27.3. The van der Waals surface area contributed by atoms with Crippen LogP contribution in [-0.2, 0) is 9.59 Å². The van der Waals surface area contributed by atoms with E-state index < -0.39 is 5.91 Å². The van der Waals surface area contributed by atoms with Gasteiger partial charge in [-0.15, -0.1) is 0 Å². The number of amides is 2. The maximum absolute atomic E-state index is 11.6. The van der Waals surface area contributed by atoms with E-state index in [0.717, 1.165) is 21.1 Å². The van der Waals surface area contributed by atoms with Gasteiger partial charge in [-0.2, -0.15) is 0 Å². The average molecular weight is 404 g/mol. The first-order valence-corrected chi connectivity index (χ1v) is 9.16. The zero-order chi connectivity index (χ0) is 15.8. The van der Waals surface area contributed by atoms with Crippen molar-refractivity contribution in [1.82, 2.24) is 10.9 Å². The first-order chi connectivity index (χ1) is 10.6. The van der Waals surface area contributed by atoms with Crippen molar-refractivity contribution < 1.29 is 14.3 Å². The Labute approximate surface area is 144 Å². The minimum Gasteiger partial charge on any atom is -0.484 e. The third kappa shape index (κ3) is 6.29. The molecule has 0 bridgehead atoms. The lowest BCUT2D eigenvalue weighted by Crippen LogP contribution is -2.44. The van der Waals surface area contributed by atoms with Crippen molar-refractivity contribution in [2.75, 3.05) is 24.7 Å². The Morgan fingerprint density at radius 3 is 2.68 bits per heavy atom. The summed E-state index contributed by atoms with van der Waals surface area (Å²) in [5.74, 6) is 1.07. The molecule has 1 heterocycles. The fourth-order valence-electron chi connectivity index (χ4n) is 1.42. The molecular weight excluding hydrogens is 390 g/mol. The number of thioether (sulfide) groups is 2. The predicted molar refractivity (Wildman–Crippen MR) is 93.1 cm³/mol. The first-order valence-electron chi connectivity index (χ1n) is 6.39. The van der Waals surface area contributed by atoms with E-state index in [9.17, 15) is 9.59 Å². The van der Waals surface area contributed by atoms with E-state index in [1.54, 1.807) is 23.9 Å². The van der Waals surface area contributed by atoms with Crippen LogP contribution in [0.5, 0.6) is 5.75 Å².